The number of ether oxygens (including phenoxy) is 5. The van der Waals surface area contributed by atoms with Crippen LogP contribution < -0.4 is 21.3 Å². The van der Waals surface area contributed by atoms with Crippen molar-refractivity contribution in [3.63, 3.8) is 0 Å². The molecular weight excluding hydrogens is 1020 g/mol. The Hall–Kier alpha value is -4.78. The Morgan fingerprint density at radius 3 is 1.77 bits per heavy atom. The van der Waals surface area contributed by atoms with E-state index in [1.165, 1.54) is 20.8 Å². The molecule has 1 saturated heterocycles. The van der Waals surface area contributed by atoms with Gasteiger partial charge in [0.2, 0.25) is 41.2 Å². The predicted molar refractivity (Wildman–Crippen MR) is 272 cm³/mol. The van der Waals surface area contributed by atoms with E-state index in [2.05, 4.69) is 27.8 Å². The lowest BCUT2D eigenvalue weighted by Gasteiger charge is -2.46. The molecule has 0 saturated carbocycles. The maximum Gasteiger partial charge on any atom is 0.333 e. The summed E-state index contributed by atoms with van der Waals surface area (Å²) in [7, 11) is 1.15. The summed E-state index contributed by atoms with van der Waals surface area (Å²) in [5, 5.41) is 87.7. The SMILES string of the molecule is C=C(C)C(=O)OCCC[C@@H](O)[C@](O)(O[C@@H](C)CC)C(NC(C)=O)[C@@H](OC)O[C@@H]1C(C(=O)CNCCCCCN(O)C(=O)CCC(=O)NCCCCCN(O)C(=O)CCC(=O)NCCCCN(O)C(C)=O)OC(C)C(O)[C@H]1O. The van der Waals surface area contributed by atoms with E-state index >= 15 is 0 Å². The van der Waals surface area contributed by atoms with Crippen molar-refractivity contribution >= 4 is 47.2 Å². The molecule has 1 heterocycles. The minimum Gasteiger partial charge on any atom is -0.462 e. The number of hydroxylamine groups is 6. The number of carbonyl (C=O) groups excluding carboxylic acids is 8. The third-order valence-corrected chi connectivity index (χ3v) is 12.5. The van der Waals surface area contributed by atoms with E-state index in [-0.39, 0.29) is 89.3 Å². The zero-order valence-corrected chi connectivity index (χ0v) is 45.9. The van der Waals surface area contributed by atoms with Gasteiger partial charge < -0.3 is 65.4 Å². The van der Waals surface area contributed by atoms with Crippen LogP contribution in [-0.4, -0.2) is 219 Å². The number of Topliss-reactive ketones (excluding diaryl/α,β-unsaturated/α-hetero) is 1. The van der Waals surface area contributed by atoms with E-state index in [1.54, 1.807) is 13.8 Å². The summed E-state index contributed by atoms with van der Waals surface area (Å²) in [6, 6.07) is -1.72. The van der Waals surface area contributed by atoms with Crippen molar-refractivity contribution in [2.45, 2.75) is 199 Å². The zero-order valence-electron chi connectivity index (χ0n) is 45.9. The summed E-state index contributed by atoms with van der Waals surface area (Å²) in [5.74, 6) is -7.11. The first-order valence-electron chi connectivity index (χ1n) is 26.4. The molecule has 1 aliphatic heterocycles. The molecule has 0 aliphatic carbocycles. The van der Waals surface area contributed by atoms with E-state index in [1.807, 2.05) is 0 Å². The minimum absolute atomic E-state index is 0.0151. The van der Waals surface area contributed by atoms with Gasteiger partial charge in [0.1, 0.15) is 36.6 Å². The molecule has 0 spiro atoms. The van der Waals surface area contributed by atoms with E-state index in [9.17, 15) is 74.4 Å². The molecule has 11 N–H and O–H groups in total. The number of hydrogen-bond acceptors (Lipinski definition) is 21. The van der Waals surface area contributed by atoms with Gasteiger partial charge in [-0.3, -0.25) is 49.2 Å². The van der Waals surface area contributed by atoms with Gasteiger partial charge in [-0.15, -0.1) is 0 Å². The maximum atomic E-state index is 13.7. The van der Waals surface area contributed by atoms with Gasteiger partial charge in [-0.25, -0.2) is 20.0 Å². The molecule has 1 rings (SSSR count). The van der Waals surface area contributed by atoms with Crippen LogP contribution in [0.5, 0.6) is 0 Å². The highest BCUT2D eigenvalue weighted by atomic mass is 16.7. The van der Waals surface area contributed by atoms with Gasteiger partial charge in [0.25, 0.3) is 0 Å². The standard InChI is InChI=1S/C50H89N7O20/c1-9-33(4)77-50(69,38(61)19-18-30-74-48(68)32(2)3)47(54-35(6)58)49(73-8)76-46-44(67)43(66)34(5)75-45(46)37(60)31-51-24-12-10-15-28-56(71)41(64)22-20-39(62)52-25-13-11-16-29-57(72)42(65)23-21-40(63)53-26-14-17-27-55(70)36(7)59/h33-34,38,43-47,49,51,61,66-67,69-72H,2,9-31H2,1,3-8H3,(H,52,62)(H,53,63)(H,54,58)/t33-,34?,38+,43?,44+,45?,46-,47?,49-,50-/m0/s1. The summed E-state index contributed by atoms with van der Waals surface area (Å²) in [5.41, 5.74) is 0.163. The molecule has 77 heavy (non-hydrogen) atoms. The van der Waals surface area contributed by atoms with Crippen LogP contribution in [0.1, 0.15) is 138 Å². The lowest BCUT2D eigenvalue weighted by atomic mass is 9.92. The molecule has 0 radical (unpaired) electrons. The normalized spacial score (nSPS) is 19.6. The fourth-order valence-corrected chi connectivity index (χ4v) is 7.69. The number of aliphatic hydroxyl groups excluding tert-OH is 3. The van der Waals surface area contributed by atoms with Crippen molar-refractivity contribution in [2.24, 2.45) is 0 Å². The predicted octanol–water partition coefficient (Wildman–Crippen LogP) is -0.132. The molecule has 0 bridgehead atoms. The number of amides is 6. The van der Waals surface area contributed by atoms with Gasteiger partial charge in [0.05, 0.1) is 25.4 Å². The molecule has 6 amide bonds. The van der Waals surface area contributed by atoms with Crippen LogP contribution in [-0.2, 0) is 62.0 Å². The van der Waals surface area contributed by atoms with Crippen molar-refractivity contribution in [3.05, 3.63) is 12.2 Å². The average Bonchev–Trinajstić information content (AvgIpc) is 3.38. The molecule has 10 atom stereocenters. The Morgan fingerprint density at radius 2 is 1.26 bits per heavy atom. The molecule has 444 valence electrons. The lowest BCUT2D eigenvalue weighted by Crippen LogP contribution is -2.68. The Balaban J connectivity index is 2.58. The van der Waals surface area contributed by atoms with Crippen LogP contribution in [0.25, 0.3) is 0 Å². The molecule has 0 aromatic carbocycles. The third kappa shape index (κ3) is 27.1. The monoisotopic (exact) mass is 1110 g/mol. The van der Waals surface area contributed by atoms with Gasteiger partial charge >= 0.3 is 5.97 Å². The molecule has 1 aliphatic rings. The zero-order chi connectivity index (χ0) is 58.3. The number of rotatable bonds is 41. The number of aliphatic hydroxyl groups is 4. The van der Waals surface area contributed by atoms with Gasteiger partial charge in [-0.1, -0.05) is 19.9 Å². The van der Waals surface area contributed by atoms with Crippen LogP contribution in [0.2, 0.25) is 0 Å². The summed E-state index contributed by atoms with van der Waals surface area (Å²) in [6.07, 6.45) is -8.27. The van der Waals surface area contributed by atoms with E-state index < -0.39 is 102 Å². The number of ketones is 1. The minimum atomic E-state index is -2.63. The number of nitrogens with one attached hydrogen (secondary N) is 4. The molecular formula is C50H89N7O20. The Labute approximate surface area is 451 Å². The molecule has 27 nitrogen and oxygen atoms in total. The van der Waals surface area contributed by atoms with E-state index in [0.29, 0.717) is 86.1 Å². The smallest absolute Gasteiger partial charge is 0.333 e. The Morgan fingerprint density at radius 1 is 0.740 bits per heavy atom. The maximum absolute atomic E-state index is 13.7. The van der Waals surface area contributed by atoms with Gasteiger partial charge in [0, 0.05) is 84.9 Å². The Bertz CT molecular complexity index is 1850. The van der Waals surface area contributed by atoms with Crippen LogP contribution >= 0.6 is 0 Å². The summed E-state index contributed by atoms with van der Waals surface area (Å²) < 4.78 is 28.6. The Kier molecular flexibility index (Phi) is 34.6. The fraction of sp³-hybridized carbons (Fsp3) is 0.800. The molecule has 27 heteroatoms. The number of esters is 1. The van der Waals surface area contributed by atoms with Crippen molar-refractivity contribution in [1.82, 2.24) is 36.5 Å². The summed E-state index contributed by atoms with van der Waals surface area (Å²) >= 11 is 0. The molecule has 1 fully saturated rings. The number of methoxy groups -OCH3 is 1. The number of hydrogen-bond donors (Lipinski definition) is 11. The van der Waals surface area contributed by atoms with Crippen molar-refractivity contribution in [1.29, 1.82) is 0 Å². The quantitative estimate of drug-likeness (QED) is 0.00948. The summed E-state index contributed by atoms with van der Waals surface area (Å²) in [6.45, 7) is 12.8. The van der Waals surface area contributed by atoms with Crippen molar-refractivity contribution < 1.29 is 98.1 Å². The fourth-order valence-electron chi connectivity index (χ4n) is 7.69. The average molecular weight is 1110 g/mol. The second kappa shape index (κ2) is 37.9. The first-order chi connectivity index (χ1) is 36.3. The van der Waals surface area contributed by atoms with Crippen LogP contribution in [0.3, 0.4) is 0 Å². The molecule has 4 unspecified atom stereocenters. The molecule has 0 aromatic heterocycles. The third-order valence-electron chi connectivity index (χ3n) is 12.5. The van der Waals surface area contributed by atoms with Crippen molar-refractivity contribution in [2.75, 3.05) is 59.5 Å². The van der Waals surface area contributed by atoms with E-state index in [0.717, 1.165) is 14.0 Å². The van der Waals surface area contributed by atoms with Gasteiger partial charge in [-0.05, 0) is 91.5 Å². The van der Waals surface area contributed by atoms with E-state index in [4.69, 9.17) is 23.7 Å². The van der Waals surface area contributed by atoms with Crippen LogP contribution in [0, 0.1) is 0 Å². The number of carbonyl (C=O) groups is 8. The highest BCUT2D eigenvalue weighted by Gasteiger charge is 2.54. The first kappa shape index (κ1) is 70.2. The number of unbranched alkanes of at least 4 members (excludes halogenated alkanes) is 5. The summed E-state index contributed by atoms with van der Waals surface area (Å²) in [4.78, 5) is 98.1. The number of nitrogens with zero attached hydrogens (tertiary/aromatic N) is 3. The van der Waals surface area contributed by atoms with Gasteiger partial charge in [0.15, 0.2) is 12.1 Å². The lowest BCUT2D eigenvalue weighted by molar-refractivity contribution is -0.334. The van der Waals surface area contributed by atoms with Crippen LogP contribution in [0.4, 0.5) is 0 Å². The highest BCUT2D eigenvalue weighted by molar-refractivity contribution is 5.87. The van der Waals surface area contributed by atoms with Gasteiger partial charge in [-0.2, -0.15) is 0 Å². The topological polar surface area (TPSA) is 382 Å². The van der Waals surface area contributed by atoms with Crippen molar-refractivity contribution in [3.8, 4) is 0 Å². The van der Waals surface area contributed by atoms with Crippen LogP contribution in [0.15, 0.2) is 12.2 Å². The second-order valence-corrected chi connectivity index (χ2v) is 19.1. The first-order valence-corrected chi connectivity index (χ1v) is 26.4. The molecule has 0 aromatic rings. The second-order valence-electron chi connectivity index (χ2n) is 19.1. The highest BCUT2D eigenvalue weighted by Crippen LogP contribution is 2.31. The largest absolute Gasteiger partial charge is 0.462 e.